The molecule has 0 bridgehead atoms. The van der Waals surface area contributed by atoms with E-state index in [9.17, 15) is 18.8 Å². The number of hydrogen-bond donors (Lipinski definition) is 1. The van der Waals surface area contributed by atoms with Gasteiger partial charge in [0.2, 0.25) is 0 Å². The number of ether oxygens (including phenoxy) is 2. The van der Waals surface area contributed by atoms with Gasteiger partial charge in [0.25, 0.3) is 17.7 Å². The van der Waals surface area contributed by atoms with Crippen molar-refractivity contribution in [1.82, 2.24) is 10.2 Å². The molecule has 1 N–H and O–H groups in total. The number of nitrogens with one attached hydrogen (secondary N) is 1. The number of rotatable bonds is 5. The van der Waals surface area contributed by atoms with E-state index in [4.69, 9.17) is 21.7 Å². The molecule has 11 heteroatoms. The molecule has 176 valence electrons. The van der Waals surface area contributed by atoms with Crippen LogP contribution in [0, 0.1) is 5.82 Å². The van der Waals surface area contributed by atoms with Crippen LogP contribution in [0.15, 0.2) is 52.5 Å². The average molecular weight is 548 g/mol. The first-order valence-electron chi connectivity index (χ1n) is 10.3. The maximum atomic E-state index is 14.3. The van der Waals surface area contributed by atoms with Crippen molar-refractivity contribution in [2.24, 2.45) is 0 Å². The lowest BCUT2D eigenvalue weighted by atomic mass is 10.1. The number of anilines is 1. The van der Waals surface area contributed by atoms with Crippen LogP contribution in [0.5, 0.6) is 5.75 Å². The smallest absolute Gasteiger partial charge is 0.270 e. The highest BCUT2D eigenvalue weighted by Gasteiger charge is 2.35. The van der Waals surface area contributed by atoms with Gasteiger partial charge in [0.1, 0.15) is 17.1 Å². The summed E-state index contributed by atoms with van der Waals surface area (Å²) in [6.45, 7) is 1.93. The zero-order valence-corrected chi connectivity index (χ0v) is 20.2. The highest BCUT2D eigenvalue weighted by atomic mass is 79.9. The lowest BCUT2D eigenvalue weighted by Gasteiger charge is -2.29. The van der Waals surface area contributed by atoms with Gasteiger partial charge in [-0.3, -0.25) is 19.7 Å². The van der Waals surface area contributed by atoms with Crippen molar-refractivity contribution in [2.45, 2.75) is 0 Å². The molecule has 2 aromatic carbocycles. The number of hydrogen-bond acceptors (Lipinski definition) is 6. The minimum atomic E-state index is -0.744. The summed E-state index contributed by atoms with van der Waals surface area (Å²) in [5, 5.41) is 2.22. The zero-order chi connectivity index (χ0) is 24.2. The van der Waals surface area contributed by atoms with Crippen LogP contribution in [0.2, 0.25) is 0 Å². The lowest BCUT2D eigenvalue weighted by molar-refractivity contribution is -0.137. The van der Waals surface area contributed by atoms with Gasteiger partial charge < -0.3 is 14.4 Å². The second kappa shape index (κ2) is 10.4. The van der Waals surface area contributed by atoms with Gasteiger partial charge in [0.15, 0.2) is 11.7 Å². The van der Waals surface area contributed by atoms with Gasteiger partial charge >= 0.3 is 0 Å². The van der Waals surface area contributed by atoms with Crippen LogP contribution in [0.1, 0.15) is 5.56 Å². The Morgan fingerprint density at radius 3 is 2.65 bits per heavy atom. The number of carbonyl (C=O) groups is 3. The molecule has 4 rings (SSSR count). The number of morpholine rings is 1. The Bertz CT molecular complexity index is 1200. The predicted octanol–water partition coefficient (Wildman–Crippen LogP) is 2.66. The molecule has 2 aliphatic heterocycles. The quantitative estimate of drug-likeness (QED) is 0.352. The third-order valence-corrected chi connectivity index (χ3v) is 6.08. The molecule has 2 aromatic rings. The van der Waals surface area contributed by atoms with Crippen molar-refractivity contribution in [3.63, 3.8) is 0 Å². The topological polar surface area (TPSA) is 88.2 Å². The summed E-state index contributed by atoms with van der Waals surface area (Å²) in [4.78, 5) is 40.4. The van der Waals surface area contributed by atoms with E-state index >= 15 is 0 Å². The third kappa shape index (κ3) is 5.16. The van der Waals surface area contributed by atoms with Crippen molar-refractivity contribution < 1.29 is 28.2 Å². The van der Waals surface area contributed by atoms with Crippen LogP contribution < -0.4 is 15.0 Å². The van der Waals surface area contributed by atoms with E-state index in [0.29, 0.717) is 42.1 Å². The molecule has 3 amide bonds. The van der Waals surface area contributed by atoms with E-state index in [0.717, 1.165) is 4.90 Å². The predicted molar refractivity (Wildman–Crippen MR) is 130 cm³/mol. The Morgan fingerprint density at radius 2 is 1.94 bits per heavy atom. The summed E-state index contributed by atoms with van der Waals surface area (Å²) in [6, 6.07) is 10.5. The fourth-order valence-electron chi connectivity index (χ4n) is 3.44. The maximum absolute atomic E-state index is 14.3. The summed E-state index contributed by atoms with van der Waals surface area (Å²) in [5.74, 6) is -1.79. The highest BCUT2D eigenvalue weighted by molar-refractivity contribution is 9.10. The first-order chi connectivity index (χ1) is 16.3. The molecule has 2 aliphatic rings. The first-order valence-corrected chi connectivity index (χ1v) is 11.5. The summed E-state index contributed by atoms with van der Waals surface area (Å²) in [5.41, 5.74) is 0.247. The largest absolute Gasteiger partial charge is 0.483 e. The molecule has 0 spiro atoms. The second-order valence-corrected chi connectivity index (χ2v) is 8.62. The van der Waals surface area contributed by atoms with Crippen LogP contribution in [-0.4, -0.2) is 60.6 Å². The summed E-state index contributed by atoms with van der Waals surface area (Å²) in [6.07, 6.45) is 1.38. The normalized spacial score (nSPS) is 17.7. The second-order valence-electron chi connectivity index (χ2n) is 7.38. The van der Waals surface area contributed by atoms with E-state index < -0.39 is 17.6 Å². The van der Waals surface area contributed by atoms with Crippen molar-refractivity contribution in [3.8, 4) is 5.75 Å². The monoisotopic (exact) mass is 547 g/mol. The molecule has 0 aromatic heterocycles. The molecule has 0 radical (unpaired) electrons. The Labute approximate surface area is 208 Å². The van der Waals surface area contributed by atoms with Crippen LogP contribution in [0.25, 0.3) is 6.08 Å². The number of carbonyl (C=O) groups excluding carboxylic acids is 3. The summed E-state index contributed by atoms with van der Waals surface area (Å²) in [7, 11) is 0. The summed E-state index contributed by atoms with van der Waals surface area (Å²) >= 11 is 8.48. The van der Waals surface area contributed by atoms with Crippen LogP contribution >= 0.6 is 28.1 Å². The number of amides is 3. The van der Waals surface area contributed by atoms with Gasteiger partial charge in [-0.25, -0.2) is 9.29 Å². The van der Waals surface area contributed by atoms with Gasteiger partial charge in [0, 0.05) is 13.1 Å². The molecule has 34 heavy (non-hydrogen) atoms. The zero-order valence-electron chi connectivity index (χ0n) is 17.8. The van der Waals surface area contributed by atoms with Gasteiger partial charge in [-0.15, -0.1) is 0 Å². The first kappa shape index (κ1) is 24.0. The van der Waals surface area contributed by atoms with Gasteiger partial charge in [-0.2, -0.15) is 0 Å². The van der Waals surface area contributed by atoms with E-state index in [2.05, 4.69) is 21.2 Å². The molecule has 8 nitrogen and oxygen atoms in total. The Balaban J connectivity index is 1.51. The molecule has 2 heterocycles. The van der Waals surface area contributed by atoms with Crippen LogP contribution in [-0.2, 0) is 19.1 Å². The molecule has 0 unspecified atom stereocenters. The SMILES string of the molecule is O=C1NC(=S)N(c2ccccc2F)C(=O)/C1=C/c1ccc(OCC(=O)N2CCOCC2)c(Br)c1. The average Bonchev–Trinajstić information content (AvgIpc) is 2.82. The molecule has 2 fully saturated rings. The van der Waals surface area contributed by atoms with Crippen molar-refractivity contribution in [3.05, 3.63) is 63.9 Å². The van der Waals surface area contributed by atoms with E-state index in [1.807, 2.05) is 0 Å². The van der Waals surface area contributed by atoms with E-state index in [1.54, 1.807) is 29.2 Å². The molecular formula is C23H19BrFN3O5S. The molecule has 0 saturated carbocycles. The number of halogens is 2. The molecule has 2 saturated heterocycles. The van der Waals surface area contributed by atoms with Crippen molar-refractivity contribution in [2.75, 3.05) is 37.8 Å². The number of nitrogens with zero attached hydrogens (tertiary/aromatic N) is 2. The van der Waals surface area contributed by atoms with Crippen molar-refractivity contribution in [1.29, 1.82) is 0 Å². The summed E-state index contributed by atoms with van der Waals surface area (Å²) < 4.78 is 25.7. The molecule has 0 aliphatic carbocycles. The van der Waals surface area contributed by atoms with Crippen molar-refractivity contribution >= 4 is 62.7 Å². The third-order valence-electron chi connectivity index (χ3n) is 5.18. The fourth-order valence-corrected chi connectivity index (χ4v) is 4.23. The highest BCUT2D eigenvalue weighted by Crippen LogP contribution is 2.29. The Kier molecular flexibility index (Phi) is 7.35. The fraction of sp³-hybridized carbons (Fsp3) is 0.217. The molecule has 0 atom stereocenters. The van der Waals surface area contributed by atoms with Crippen LogP contribution in [0.3, 0.4) is 0 Å². The molecular weight excluding hydrogens is 529 g/mol. The van der Waals surface area contributed by atoms with Gasteiger partial charge in [-0.05, 0) is 64.1 Å². The minimum Gasteiger partial charge on any atom is -0.483 e. The Hall–Kier alpha value is -3.15. The maximum Gasteiger partial charge on any atom is 0.270 e. The van der Waals surface area contributed by atoms with E-state index in [-0.39, 0.29) is 28.9 Å². The minimum absolute atomic E-state index is 0.0572. The lowest BCUT2D eigenvalue weighted by Crippen LogP contribution is -2.54. The van der Waals surface area contributed by atoms with Gasteiger partial charge in [0.05, 0.1) is 23.4 Å². The number of benzene rings is 2. The standard InChI is InChI=1S/C23H19BrFN3O5S/c24-16-12-14(5-6-19(16)33-13-20(29)27-7-9-32-10-8-27)11-15-21(30)26-23(34)28(22(15)31)18-4-2-1-3-17(18)25/h1-6,11-12H,7-10,13H2,(H,26,30,34)/b15-11+. The van der Waals surface area contributed by atoms with E-state index in [1.165, 1.54) is 24.3 Å². The Morgan fingerprint density at radius 1 is 1.21 bits per heavy atom. The van der Waals surface area contributed by atoms with Crippen LogP contribution in [0.4, 0.5) is 10.1 Å². The van der Waals surface area contributed by atoms with Gasteiger partial charge in [-0.1, -0.05) is 18.2 Å². The number of para-hydroxylation sites is 1. The number of thiocarbonyl (C=S) groups is 1.